The topological polar surface area (TPSA) is 32.8 Å². The molecule has 0 spiro atoms. The van der Waals surface area contributed by atoms with Crippen molar-refractivity contribution in [2.75, 3.05) is 52.4 Å². The Kier molecular flexibility index (Phi) is 4.52. The molecule has 0 N–H and O–H groups in total. The number of benzene rings is 1. The van der Waals surface area contributed by atoms with Gasteiger partial charge < -0.3 is 9.38 Å². The Morgan fingerprint density at radius 3 is 2.55 bits per heavy atom. The van der Waals surface area contributed by atoms with Crippen molar-refractivity contribution in [3.63, 3.8) is 0 Å². The summed E-state index contributed by atoms with van der Waals surface area (Å²) in [6.45, 7) is 3.34. The summed E-state index contributed by atoms with van der Waals surface area (Å²) in [5.74, 6) is 0. The van der Waals surface area contributed by atoms with Gasteiger partial charge in [0.2, 0.25) is 0 Å². The number of hydrogen-bond donors (Lipinski definition) is 0. The molecule has 0 bridgehead atoms. The second-order valence-corrected chi connectivity index (χ2v) is 6.05. The molecule has 0 aromatic heterocycles. The average Bonchev–Trinajstić information content (AvgIpc) is 2.39. The van der Waals surface area contributed by atoms with Crippen LogP contribution in [0.25, 0.3) is 0 Å². The van der Waals surface area contributed by atoms with Gasteiger partial charge in [-0.05, 0) is 18.2 Å². The van der Waals surface area contributed by atoms with Gasteiger partial charge in [0.25, 0.3) is 0 Å². The van der Waals surface area contributed by atoms with E-state index in [1.807, 2.05) is 4.90 Å². The quantitative estimate of drug-likeness (QED) is 0.619. The fourth-order valence-corrected chi connectivity index (χ4v) is 2.41. The van der Waals surface area contributed by atoms with Crippen molar-refractivity contribution in [1.29, 1.82) is 0 Å². The van der Waals surface area contributed by atoms with Crippen LogP contribution in [-0.4, -0.2) is 62.8 Å². The predicted octanol–water partition coefficient (Wildman–Crippen LogP) is 2.22. The van der Waals surface area contributed by atoms with Crippen molar-refractivity contribution in [2.45, 2.75) is 0 Å². The molecule has 1 saturated heterocycles. The minimum Gasteiger partial charge on any atom is -0.326 e. The highest BCUT2D eigenvalue weighted by atomic mass is 35.5. The first-order valence-electron chi connectivity index (χ1n) is 6.64. The second-order valence-electron chi connectivity index (χ2n) is 5.61. The normalized spacial score (nSPS) is 17.9. The van der Waals surface area contributed by atoms with Gasteiger partial charge in [0.05, 0.1) is 53.1 Å². The van der Waals surface area contributed by atoms with Crippen molar-refractivity contribution in [3.8, 4) is 0 Å². The largest absolute Gasteiger partial charge is 0.349 e. The van der Waals surface area contributed by atoms with Crippen LogP contribution >= 0.6 is 11.6 Å². The lowest BCUT2D eigenvalue weighted by Crippen LogP contribution is -2.58. The predicted molar refractivity (Wildman–Crippen MR) is 79.8 cm³/mol. The number of urea groups is 1. The van der Waals surface area contributed by atoms with Gasteiger partial charge in [-0.1, -0.05) is 17.7 Å². The molecule has 0 radical (unpaired) electrons. The summed E-state index contributed by atoms with van der Waals surface area (Å²) in [6.07, 6.45) is 0. The summed E-state index contributed by atoms with van der Waals surface area (Å²) in [6, 6.07) is 6.94. The zero-order chi connectivity index (χ0) is 14.8. The molecule has 0 atom stereocenters. The van der Waals surface area contributed by atoms with E-state index in [1.54, 1.807) is 24.3 Å². The maximum atomic E-state index is 12.5. The zero-order valence-electron chi connectivity index (χ0n) is 12.2. The standard InChI is InChI=1S/C14H21ClN3O2/c1-18(2)9-7-16(8-10-18)14(19)17(20-3)13-6-4-5-12(15)11-13/h4-6,11H,7-10H2,1-3H3/q+1. The average molecular weight is 299 g/mol. The monoisotopic (exact) mass is 298 g/mol. The third-order valence-electron chi connectivity index (χ3n) is 3.62. The SMILES string of the molecule is CON(C(=O)N1CC[N+](C)(C)CC1)c1cccc(Cl)c1. The highest BCUT2D eigenvalue weighted by molar-refractivity contribution is 6.30. The number of hydroxylamine groups is 1. The van der Waals surface area contributed by atoms with E-state index in [4.69, 9.17) is 16.4 Å². The number of anilines is 1. The number of carbonyl (C=O) groups is 1. The Morgan fingerprint density at radius 2 is 2.00 bits per heavy atom. The van der Waals surface area contributed by atoms with Crippen LogP contribution in [0.15, 0.2) is 24.3 Å². The number of piperazine rings is 1. The van der Waals surface area contributed by atoms with Crippen molar-refractivity contribution in [1.82, 2.24) is 4.90 Å². The highest BCUT2D eigenvalue weighted by Gasteiger charge is 2.30. The molecular weight excluding hydrogens is 278 g/mol. The van der Waals surface area contributed by atoms with Crippen LogP contribution in [0, 0.1) is 0 Å². The lowest BCUT2D eigenvalue weighted by atomic mass is 10.3. The third-order valence-corrected chi connectivity index (χ3v) is 3.86. The van der Waals surface area contributed by atoms with Gasteiger partial charge in [0, 0.05) is 5.02 Å². The molecule has 1 heterocycles. The summed E-state index contributed by atoms with van der Waals surface area (Å²) in [4.78, 5) is 19.6. The summed E-state index contributed by atoms with van der Waals surface area (Å²) < 4.78 is 0.938. The molecule has 0 unspecified atom stereocenters. The molecule has 20 heavy (non-hydrogen) atoms. The Bertz CT molecular complexity index is 483. The minimum atomic E-state index is -0.144. The molecule has 6 heteroatoms. The van der Waals surface area contributed by atoms with E-state index in [0.717, 1.165) is 30.7 Å². The van der Waals surface area contributed by atoms with Crippen LogP contribution in [0.3, 0.4) is 0 Å². The summed E-state index contributed by atoms with van der Waals surface area (Å²) in [7, 11) is 5.84. The van der Waals surface area contributed by atoms with Gasteiger partial charge in [-0.15, -0.1) is 0 Å². The molecule has 1 aliphatic rings. The van der Waals surface area contributed by atoms with Crippen LogP contribution in [0.2, 0.25) is 5.02 Å². The van der Waals surface area contributed by atoms with Crippen LogP contribution in [-0.2, 0) is 4.84 Å². The number of likely N-dealkylation sites (N-methyl/N-ethyl adjacent to an activating group) is 1. The highest BCUT2D eigenvalue weighted by Crippen LogP contribution is 2.21. The number of quaternary nitrogens is 1. The molecule has 2 rings (SSSR count). The molecule has 1 aliphatic heterocycles. The van der Waals surface area contributed by atoms with Crippen LogP contribution in [0.4, 0.5) is 10.5 Å². The molecule has 1 aromatic rings. The molecular formula is C14H21ClN3O2+. The van der Waals surface area contributed by atoms with Crippen molar-refractivity contribution in [3.05, 3.63) is 29.3 Å². The van der Waals surface area contributed by atoms with Gasteiger partial charge in [0.1, 0.15) is 0 Å². The zero-order valence-corrected chi connectivity index (χ0v) is 12.9. The van der Waals surface area contributed by atoms with Crippen LogP contribution in [0.5, 0.6) is 0 Å². The van der Waals surface area contributed by atoms with Crippen LogP contribution in [0.1, 0.15) is 0 Å². The van der Waals surface area contributed by atoms with E-state index in [9.17, 15) is 4.79 Å². The van der Waals surface area contributed by atoms with Gasteiger partial charge >= 0.3 is 6.03 Å². The number of nitrogens with zero attached hydrogens (tertiary/aromatic N) is 3. The van der Waals surface area contributed by atoms with Crippen molar-refractivity contribution >= 4 is 23.3 Å². The van der Waals surface area contributed by atoms with Gasteiger partial charge in [-0.2, -0.15) is 5.06 Å². The maximum Gasteiger partial charge on any atom is 0.349 e. The van der Waals surface area contributed by atoms with E-state index >= 15 is 0 Å². The smallest absolute Gasteiger partial charge is 0.326 e. The van der Waals surface area contributed by atoms with Gasteiger partial charge in [-0.25, -0.2) is 4.79 Å². The number of amides is 2. The van der Waals surface area contributed by atoms with Crippen molar-refractivity contribution < 1.29 is 14.1 Å². The first-order valence-corrected chi connectivity index (χ1v) is 7.01. The lowest BCUT2D eigenvalue weighted by molar-refractivity contribution is -0.894. The molecule has 1 aromatic carbocycles. The molecule has 1 fully saturated rings. The summed E-state index contributed by atoms with van der Waals surface area (Å²) in [5.41, 5.74) is 0.643. The molecule has 110 valence electrons. The number of halogens is 1. The third kappa shape index (κ3) is 3.42. The van der Waals surface area contributed by atoms with E-state index in [-0.39, 0.29) is 6.03 Å². The fourth-order valence-electron chi connectivity index (χ4n) is 2.22. The Hall–Kier alpha value is -1.30. The van der Waals surface area contributed by atoms with E-state index in [2.05, 4.69) is 14.1 Å². The van der Waals surface area contributed by atoms with Crippen molar-refractivity contribution in [2.24, 2.45) is 0 Å². The minimum absolute atomic E-state index is 0.144. The Morgan fingerprint density at radius 1 is 1.35 bits per heavy atom. The fraction of sp³-hybridized carbons (Fsp3) is 0.500. The lowest BCUT2D eigenvalue weighted by Gasteiger charge is -2.40. The molecule has 5 nitrogen and oxygen atoms in total. The second kappa shape index (κ2) is 5.99. The maximum absolute atomic E-state index is 12.5. The van der Waals surface area contributed by atoms with E-state index in [1.165, 1.54) is 12.2 Å². The van der Waals surface area contributed by atoms with Gasteiger partial charge in [-0.3, -0.25) is 4.84 Å². The number of hydrogen-bond acceptors (Lipinski definition) is 2. The van der Waals surface area contributed by atoms with Gasteiger partial charge in [0.15, 0.2) is 0 Å². The molecule has 0 saturated carbocycles. The Labute approximate surface area is 124 Å². The summed E-state index contributed by atoms with van der Waals surface area (Å²) >= 11 is 5.96. The Balaban J connectivity index is 2.10. The summed E-state index contributed by atoms with van der Waals surface area (Å²) in [5, 5.41) is 1.87. The number of rotatable bonds is 2. The first-order chi connectivity index (χ1) is 9.43. The number of carbonyl (C=O) groups excluding carboxylic acids is 1. The molecule has 0 aliphatic carbocycles. The molecule has 2 amide bonds. The van der Waals surface area contributed by atoms with Crippen LogP contribution < -0.4 is 5.06 Å². The van der Waals surface area contributed by atoms with E-state index < -0.39 is 0 Å². The first kappa shape index (κ1) is 15.1. The van der Waals surface area contributed by atoms with E-state index in [0.29, 0.717) is 10.7 Å².